The molecule has 0 atom stereocenters. The summed E-state index contributed by atoms with van der Waals surface area (Å²) in [5.41, 5.74) is 6.67. The second-order valence-electron chi connectivity index (χ2n) is 5.41. The number of methoxy groups -OCH3 is 3. The number of aliphatic imine (C=N–C) groups is 1. The lowest BCUT2D eigenvalue weighted by atomic mass is 10.2. The van der Waals surface area contributed by atoms with Crippen LogP contribution in [-0.4, -0.2) is 39.9 Å². The molecule has 7 heteroatoms. The fourth-order valence-corrected chi connectivity index (χ4v) is 2.62. The van der Waals surface area contributed by atoms with E-state index in [4.69, 9.17) is 19.9 Å². The third-order valence-corrected chi connectivity index (χ3v) is 3.86. The van der Waals surface area contributed by atoms with Crippen molar-refractivity contribution in [3.05, 3.63) is 52.7 Å². The number of rotatable bonds is 6. The number of nitrogens with zero attached hydrogens (tertiary/aromatic N) is 3. The van der Waals surface area contributed by atoms with E-state index in [9.17, 15) is 0 Å². The van der Waals surface area contributed by atoms with Gasteiger partial charge >= 0.3 is 0 Å². The fraction of sp³-hybridized carbons (Fsp3) is 0.278. The Morgan fingerprint density at radius 1 is 1.00 bits per heavy atom. The Kier molecular flexibility index (Phi) is 4.67. The predicted octanol–water partition coefficient (Wildman–Crippen LogP) is 0.697. The summed E-state index contributed by atoms with van der Waals surface area (Å²) in [5.74, 6) is 0.588. The lowest BCUT2D eigenvalue weighted by Crippen LogP contribution is -2.31. The number of para-hydroxylation sites is 2. The van der Waals surface area contributed by atoms with Gasteiger partial charge in [-0.1, -0.05) is 12.1 Å². The molecular formula is C18H20N4O3. The zero-order valence-corrected chi connectivity index (χ0v) is 14.4. The number of benzene rings is 2. The Hall–Kier alpha value is -2.93. The van der Waals surface area contributed by atoms with Crippen molar-refractivity contribution < 1.29 is 14.2 Å². The van der Waals surface area contributed by atoms with Crippen molar-refractivity contribution >= 4 is 6.21 Å². The van der Waals surface area contributed by atoms with Crippen molar-refractivity contribution in [3.8, 4) is 17.2 Å². The van der Waals surface area contributed by atoms with Crippen LogP contribution in [0.25, 0.3) is 0 Å². The van der Waals surface area contributed by atoms with E-state index in [1.165, 1.54) is 0 Å². The van der Waals surface area contributed by atoms with Crippen molar-refractivity contribution in [3.63, 3.8) is 0 Å². The average Bonchev–Trinajstić information content (AvgIpc) is 3.04. The van der Waals surface area contributed by atoms with Gasteiger partial charge in [-0.3, -0.25) is 0 Å². The first-order valence-corrected chi connectivity index (χ1v) is 7.75. The maximum atomic E-state index is 5.90. The van der Waals surface area contributed by atoms with Crippen LogP contribution in [0.2, 0.25) is 0 Å². The Balaban J connectivity index is 2.00. The minimum absolute atomic E-state index is 0.169. The lowest BCUT2D eigenvalue weighted by molar-refractivity contribution is 0.324. The highest BCUT2D eigenvalue weighted by Gasteiger charge is 2.28. The molecule has 0 bridgehead atoms. The van der Waals surface area contributed by atoms with Crippen LogP contribution >= 0.6 is 0 Å². The largest absolute Gasteiger partial charge is 0.493 e. The molecule has 0 saturated carbocycles. The summed E-state index contributed by atoms with van der Waals surface area (Å²) < 4.78 is 16.0. The molecule has 25 heavy (non-hydrogen) atoms. The maximum absolute atomic E-state index is 5.90. The van der Waals surface area contributed by atoms with E-state index in [1.807, 2.05) is 24.3 Å². The van der Waals surface area contributed by atoms with Gasteiger partial charge in [0.25, 0.3) is 5.79 Å². The highest BCUT2D eigenvalue weighted by Crippen LogP contribution is 2.37. The van der Waals surface area contributed by atoms with E-state index >= 15 is 0 Å². The molecule has 2 aromatic carbocycles. The predicted molar refractivity (Wildman–Crippen MR) is 94.2 cm³/mol. The van der Waals surface area contributed by atoms with Gasteiger partial charge in [-0.15, -0.1) is 0 Å². The van der Waals surface area contributed by atoms with Gasteiger partial charge in [-0.2, -0.15) is 0 Å². The minimum Gasteiger partial charge on any atom is -0.493 e. The SMILES string of the molecule is COc1cc(/C=N/C2(CN)N=c3ccccc3=N2)cc(OC)c1OC. The summed E-state index contributed by atoms with van der Waals surface area (Å²) in [6.07, 6.45) is 1.66. The number of fused-ring (bicyclic) bond motifs is 1. The normalized spacial score (nSPS) is 14.6. The molecule has 1 aliphatic heterocycles. The third kappa shape index (κ3) is 3.18. The van der Waals surface area contributed by atoms with Crippen LogP contribution in [-0.2, 0) is 0 Å². The Morgan fingerprint density at radius 3 is 2.00 bits per heavy atom. The number of hydrogen-bond acceptors (Lipinski definition) is 7. The van der Waals surface area contributed by atoms with E-state index in [0.717, 1.165) is 16.3 Å². The van der Waals surface area contributed by atoms with Crippen molar-refractivity contribution in [1.29, 1.82) is 0 Å². The van der Waals surface area contributed by atoms with E-state index < -0.39 is 5.79 Å². The molecule has 0 saturated heterocycles. The minimum atomic E-state index is -1.04. The monoisotopic (exact) mass is 340 g/mol. The molecule has 0 fully saturated rings. The number of hydrogen-bond donors (Lipinski definition) is 1. The van der Waals surface area contributed by atoms with Gasteiger partial charge in [0.1, 0.15) is 0 Å². The second-order valence-corrected chi connectivity index (χ2v) is 5.41. The van der Waals surface area contributed by atoms with Crippen LogP contribution in [0.4, 0.5) is 0 Å². The summed E-state index contributed by atoms with van der Waals surface area (Å²) >= 11 is 0. The van der Waals surface area contributed by atoms with Crippen molar-refractivity contribution in [2.24, 2.45) is 20.7 Å². The molecule has 130 valence electrons. The average molecular weight is 340 g/mol. The maximum Gasteiger partial charge on any atom is 0.258 e. The molecule has 0 aliphatic carbocycles. The van der Waals surface area contributed by atoms with E-state index in [0.29, 0.717) is 17.2 Å². The molecule has 7 nitrogen and oxygen atoms in total. The van der Waals surface area contributed by atoms with Crippen molar-refractivity contribution in [2.75, 3.05) is 27.9 Å². The molecule has 1 heterocycles. The quantitative estimate of drug-likeness (QED) is 0.784. The molecule has 2 aromatic rings. The van der Waals surface area contributed by atoms with E-state index in [1.54, 1.807) is 39.7 Å². The van der Waals surface area contributed by atoms with Crippen LogP contribution in [0.15, 0.2) is 51.4 Å². The first kappa shape index (κ1) is 16.9. The highest BCUT2D eigenvalue weighted by molar-refractivity contribution is 5.82. The van der Waals surface area contributed by atoms with Crippen molar-refractivity contribution in [2.45, 2.75) is 5.79 Å². The van der Waals surface area contributed by atoms with Crippen LogP contribution in [0, 0.1) is 0 Å². The Labute approximate surface area is 145 Å². The molecular weight excluding hydrogens is 320 g/mol. The van der Waals surface area contributed by atoms with Crippen LogP contribution in [0.1, 0.15) is 5.56 Å². The van der Waals surface area contributed by atoms with Gasteiger partial charge in [0.05, 0.1) is 38.6 Å². The zero-order valence-electron chi connectivity index (χ0n) is 14.4. The van der Waals surface area contributed by atoms with Gasteiger partial charge in [0.2, 0.25) is 5.75 Å². The Morgan fingerprint density at radius 2 is 1.56 bits per heavy atom. The standard InChI is InChI=1S/C18H20N4O3/c1-23-15-8-12(9-16(24-2)17(15)25-3)10-20-18(11-19)21-13-6-4-5-7-14(13)22-18/h4-10H,11,19H2,1-3H3/b20-10+. The number of ether oxygens (including phenoxy) is 3. The second kappa shape index (κ2) is 6.90. The van der Waals surface area contributed by atoms with Gasteiger partial charge in [0.15, 0.2) is 11.5 Å². The van der Waals surface area contributed by atoms with Crippen LogP contribution in [0.3, 0.4) is 0 Å². The van der Waals surface area contributed by atoms with Crippen LogP contribution in [0.5, 0.6) is 17.2 Å². The molecule has 0 aromatic heterocycles. The van der Waals surface area contributed by atoms with Crippen LogP contribution < -0.4 is 30.7 Å². The number of nitrogens with two attached hydrogens (primary N) is 1. The first-order valence-electron chi connectivity index (χ1n) is 7.75. The summed E-state index contributed by atoms with van der Waals surface area (Å²) in [7, 11) is 4.70. The van der Waals surface area contributed by atoms with Gasteiger partial charge < -0.3 is 19.9 Å². The Bertz CT molecular complexity index is 864. The highest BCUT2D eigenvalue weighted by atomic mass is 16.5. The summed E-state index contributed by atoms with van der Waals surface area (Å²) in [4.78, 5) is 13.6. The topological polar surface area (TPSA) is 90.8 Å². The smallest absolute Gasteiger partial charge is 0.258 e. The summed E-state index contributed by atoms with van der Waals surface area (Å²) in [5, 5.41) is 1.57. The molecule has 0 radical (unpaired) electrons. The fourth-order valence-electron chi connectivity index (χ4n) is 2.62. The van der Waals surface area contributed by atoms with E-state index in [2.05, 4.69) is 15.0 Å². The van der Waals surface area contributed by atoms with E-state index in [-0.39, 0.29) is 6.54 Å². The first-order chi connectivity index (χ1) is 12.1. The summed E-state index contributed by atoms with van der Waals surface area (Å²) in [6.45, 7) is 0.169. The summed E-state index contributed by atoms with van der Waals surface area (Å²) in [6, 6.07) is 11.2. The van der Waals surface area contributed by atoms with Gasteiger partial charge in [-0.25, -0.2) is 15.0 Å². The molecule has 0 unspecified atom stereocenters. The zero-order chi connectivity index (χ0) is 17.9. The lowest BCUT2D eigenvalue weighted by Gasteiger charge is -2.16. The third-order valence-electron chi connectivity index (χ3n) is 3.86. The molecule has 0 spiro atoms. The molecule has 0 amide bonds. The van der Waals surface area contributed by atoms with Gasteiger partial charge in [-0.05, 0) is 24.3 Å². The molecule has 3 rings (SSSR count). The molecule has 2 N–H and O–H groups in total. The molecule has 1 aliphatic rings. The van der Waals surface area contributed by atoms with Gasteiger partial charge in [0, 0.05) is 11.8 Å². The van der Waals surface area contributed by atoms with Crippen molar-refractivity contribution in [1.82, 2.24) is 0 Å².